The van der Waals surface area contributed by atoms with E-state index in [0.29, 0.717) is 0 Å². The Morgan fingerprint density at radius 2 is 1.45 bits per heavy atom. The van der Waals surface area contributed by atoms with E-state index in [1.54, 1.807) is 0 Å². The summed E-state index contributed by atoms with van der Waals surface area (Å²) in [5.74, 6) is 2.19. The highest BCUT2D eigenvalue weighted by Crippen LogP contribution is 2.14. The molecule has 1 aromatic rings. The summed E-state index contributed by atoms with van der Waals surface area (Å²) in [6.07, 6.45) is 4.48. The molecule has 0 N–H and O–H groups in total. The van der Waals surface area contributed by atoms with Gasteiger partial charge < -0.3 is 19.3 Å². The first kappa shape index (κ1) is 17.0. The van der Waals surface area contributed by atoms with E-state index in [1.807, 2.05) is 0 Å². The molecule has 5 heteroatoms. The van der Waals surface area contributed by atoms with E-state index in [0.717, 1.165) is 37.8 Å². The van der Waals surface area contributed by atoms with Crippen molar-refractivity contribution in [2.24, 2.45) is 7.05 Å². The number of hydrogen-bond acceptors (Lipinski definition) is 4. The number of rotatable bonds is 9. The Bertz CT molecular complexity index is 350. The average Bonchev–Trinajstić information content (AvgIpc) is 2.67. The number of imidazole rings is 1. The molecule has 0 atom stereocenters. The van der Waals surface area contributed by atoms with Crippen molar-refractivity contribution in [3.05, 3.63) is 12.0 Å². The third kappa shape index (κ3) is 5.92. The van der Waals surface area contributed by atoms with Gasteiger partial charge in [0.15, 0.2) is 0 Å². The van der Waals surface area contributed by atoms with Crippen LogP contribution >= 0.6 is 0 Å². The van der Waals surface area contributed by atoms with E-state index in [-0.39, 0.29) is 0 Å². The van der Waals surface area contributed by atoms with Crippen molar-refractivity contribution in [3.8, 4) is 0 Å². The molecule has 116 valence electrons. The molecule has 0 aliphatic carbocycles. The van der Waals surface area contributed by atoms with Crippen LogP contribution in [-0.4, -0.2) is 73.7 Å². The minimum Gasteiger partial charge on any atom is -0.355 e. The van der Waals surface area contributed by atoms with Crippen LogP contribution in [0.1, 0.15) is 18.7 Å². The highest BCUT2D eigenvalue weighted by atomic mass is 15.2. The highest BCUT2D eigenvalue weighted by Gasteiger charge is 2.11. The van der Waals surface area contributed by atoms with Gasteiger partial charge in [-0.2, -0.15) is 0 Å². The van der Waals surface area contributed by atoms with E-state index in [4.69, 9.17) is 0 Å². The summed E-state index contributed by atoms with van der Waals surface area (Å²) in [6, 6.07) is 0. The standard InChI is InChI=1S/C15H31N5/c1-14-16-15(13-19(14)6)20(11-7-9-17(2)3)12-8-10-18(4)5/h13H,7-12H2,1-6H3. The molecule has 1 rings (SSSR count). The molecule has 0 fully saturated rings. The van der Waals surface area contributed by atoms with Crippen LogP contribution in [0.2, 0.25) is 0 Å². The van der Waals surface area contributed by atoms with E-state index >= 15 is 0 Å². The molecule has 0 saturated heterocycles. The first-order chi connectivity index (χ1) is 9.40. The van der Waals surface area contributed by atoms with Gasteiger partial charge in [-0.1, -0.05) is 0 Å². The van der Waals surface area contributed by atoms with Crippen molar-refractivity contribution in [2.45, 2.75) is 19.8 Å². The third-order valence-corrected chi connectivity index (χ3v) is 3.49. The Hall–Kier alpha value is -1.07. The second-order valence-electron chi connectivity index (χ2n) is 6.06. The number of hydrogen-bond donors (Lipinski definition) is 0. The number of aromatic nitrogens is 2. The zero-order valence-corrected chi connectivity index (χ0v) is 14.1. The largest absolute Gasteiger partial charge is 0.355 e. The fraction of sp³-hybridized carbons (Fsp3) is 0.800. The maximum Gasteiger partial charge on any atom is 0.147 e. The maximum atomic E-state index is 4.67. The molecular weight excluding hydrogens is 250 g/mol. The van der Waals surface area contributed by atoms with Crippen LogP contribution in [0.3, 0.4) is 0 Å². The third-order valence-electron chi connectivity index (χ3n) is 3.49. The van der Waals surface area contributed by atoms with Gasteiger partial charge >= 0.3 is 0 Å². The predicted octanol–water partition coefficient (Wildman–Crippen LogP) is 1.44. The van der Waals surface area contributed by atoms with Gasteiger partial charge in [-0.05, 0) is 61.0 Å². The van der Waals surface area contributed by atoms with E-state index < -0.39 is 0 Å². The summed E-state index contributed by atoms with van der Waals surface area (Å²) in [5, 5.41) is 0. The van der Waals surface area contributed by atoms with Crippen molar-refractivity contribution in [2.75, 3.05) is 59.3 Å². The lowest BCUT2D eigenvalue weighted by atomic mass is 10.3. The lowest BCUT2D eigenvalue weighted by Crippen LogP contribution is -2.30. The molecule has 0 unspecified atom stereocenters. The molecule has 0 aromatic carbocycles. The van der Waals surface area contributed by atoms with Gasteiger partial charge in [-0.3, -0.25) is 0 Å². The Balaban J connectivity index is 2.58. The summed E-state index contributed by atoms with van der Waals surface area (Å²) in [4.78, 5) is 11.6. The molecule has 5 nitrogen and oxygen atoms in total. The minimum atomic E-state index is 1.07. The molecule has 0 aliphatic rings. The second kappa shape index (κ2) is 8.27. The number of nitrogens with zero attached hydrogens (tertiary/aromatic N) is 5. The van der Waals surface area contributed by atoms with Crippen molar-refractivity contribution in [3.63, 3.8) is 0 Å². The van der Waals surface area contributed by atoms with E-state index in [1.165, 1.54) is 12.8 Å². The molecule has 0 aliphatic heterocycles. The van der Waals surface area contributed by atoms with Gasteiger partial charge in [-0.15, -0.1) is 0 Å². The number of aryl methyl sites for hydroxylation is 2. The first-order valence-corrected chi connectivity index (χ1v) is 7.44. The molecule has 0 spiro atoms. The summed E-state index contributed by atoms with van der Waals surface area (Å²) in [6.45, 7) is 6.44. The van der Waals surface area contributed by atoms with Crippen LogP contribution in [0.25, 0.3) is 0 Å². The first-order valence-electron chi connectivity index (χ1n) is 7.44. The lowest BCUT2D eigenvalue weighted by Gasteiger charge is -2.24. The Morgan fingerprint density at radius 1 is 0.950 bits per heavy atom. The monoisotopic (exact) mass is 281 g/mol. The van der Waals surface area contributed by atoms with Crippen LogP contribution in [0, 0.1) is 6.92 Å². The van der Waals surface area contributed by atoms with Crippen molar-refractivity contribution in [1.82, 2.24) is 19.4 Å². The fourth-order valence-electron chi connectivity index (χ4n) is 2.19. The van der Waals surface area contributed by atoms with Crippen molar-refractivity contribution < 1.29 is 0 Å². The smallest absolute Gasteiger partial charge is 0.147 e. The van der Waals surface area contributed by atoms with Gasteiger partial charge in [-0.25, -0.2) is 4.98 Å². The zero-order valence-electron chi connectivity index (χ0n) is 14.1. The molecule has 0 bridgehead atoms. The zero-order chi connectivity index (χ0) is 15.1. The average molecular weight is 281 g/mol. The van der Waals surface area contributed by atoms with Crippen LogP contribution in [-0.2, 0) is 7.05 Å². The maximum absolute atomic E-state index is 4.67. The van der Waals surface area contributed by atoms with Crippen LogP contribution in [0.15, 0.2) is 6.20 Å². The van der Waals surface area contributed by atoms with Gasteiger partial charge in [0, 0.05) is 26.3 Å². The van der Waals surface area contributed by atoms with E-state index in [2.05, 4.69) is 72.6 Å². The highest BCUT2D eigenvalue weighted by molar-refractivity contribution is 5.37. The molecule has 0 saturated carbocycles. The second-order valence-corrected chi connectivity index (χ2v) is 6.06. The van der Waals surface area contributed by atoms with Crippen molar-refractivity contribution >= 4 is 5.82 Å². The summed E-state index contributed by atoms with van der Waals surface area (Å²) < 4.78 is 2.10. The summed E-state index contributed by atoms with van der Waals surface area (Å²) >= 11 is 0. The number of anilines is 1. The summed E-state index contributed by atoms with van der Waals surface area (Å²) in [5.41, 5.74) is 0. The SMILES string of the molecule is Cc1nc(N(CCCN(C)C)CCCN(C)C)cn1C. The molecule has 0 amide bonds. The molecule has 20 heavy (non-hydrogen) atoms. The van der Waals surface area contributed by atoms with Gasteiger partial charge in [0.05, 0.1) is 0 Å². The van der Waals surface area contributed by atoms with Crippen molar-refractivity contribution in [1.29, 1.82) is 0 Å². The topological polar surface area (TPSA) is 27.5 Å². The Morgan fingerprint density at radius 3 is 1.80 bits per heavy atom. The fourth-order valence-corrected chi connectivity index (χ4v) is 2.19. The minimum absolute atomic E-state index is 1.07. The van der Waals surface area contributed by atoms with Crippen LogP contribution < -0.4 is 4.90 Å². The van der Waals surface area contributed by atoms with Crippen LogP contribution in [0.5, 0.6) is 0 Å². The van der Waals surface area contributed by atoms with Gasteiger partial charge in [0.1, 0.15) is 11.6 Å². The summed E-state index contributed by atoms with van der Waals surface area (Å²) in [7, 11) is 10.6. The molecule has 1 heterocycles. The van der Waals surface area contributed by atoms with Gasteiger partial charge in [0.25, 0.3) is 0 Å². The Labute approximate surface area is 124 Å². The van der Waals surface area contributed by atoms with Crippen LogP contribution in [0.4, 0.5) is 5.82 Å². The molecule has 0 radical (unpaired) electrons. The predicted molar refractivity (Wildman–Crippen MR) is 86.5 cm³/mol. The molecular formula is C15H31N5. The quantitative estimate of drug-likeness (QED) is 0.684. The normalized spacial score (nSPS) is 11.6. The van der Waals surface area contributed by atoms with Gasteiger partial charge in [0.2, 0.25) is 0 Å². The van der Waals surface area contributed by atoms with E-state index in [9.17, 15) is 0 Å². The molecule has 1 aromatic heterocycles. The lowest BCUT2D eigenvalue weighted by molar-refractivity contribution is 0.389. The Kier molecular flexibility index (Phi) is 7.02.